The summed E-state index contributed by atoms with van der Waals surface area (Å²) in [6, 6.07) is 3.28. The minimum atomic E-state index is -5.08. The zero-order chi connectivity index (χ0) is 21.4. The Morgan fingerprint density at radius 1 is 1.33 bits per heavy atom. The number of halogens is 4. The molecule has 0 amide bonds. The van der Waals surface area contributed by atoms with Crippen molar-refractivity contribution in [1.29, 1.82) is 0 Å². The zero-order valence-electron chi connectivity index (χ0n) is 13.4. The summed E-state index contributed by atoms with van der Waals surface area (Å²) in [6.45, 7) is -0.636. The highest BCUT2D eigenvalue weighted by Crippen LogP contribution is 2.29. The fourth-order valence-electron chi connectivity index (χ4n) is 1.60. The molecule has 0 unspecified atom stereocenters. The van der Waals surface area contributed by atoms with E-state index in [1.807, 2.05) is 0 Å². The lowest BCUT2D eigenvalue weighted by Crippen LogP contribution is -2.37. The summed E-state index contributed by atoms with van der Waals surface area (Å²) in [4.78, 5) is 18.5. The molecule has 154 valence electrons. The van der Waals surface area contributed by atoms with E-state index < -0.39 is 44.3 Å². The number of hydrogen-bond acceptors (Lipinski definition) is 7. The van der Waals surface area contributed by atoms with E-state index in [2.05, 4.69) is 0 Å². The lowest BCUT2D eigenvalue weighted by Gasteiger charge is -2.20. The largest absolute Gasteiger partial charge is 0.490 e. The van der Waals surface area contributed by atoms with Crippen molar-refractivity contribution in [2.45, 2.75) is 11.1 Å². The zero-order valence-corrected chi connectivity index (χ0v) is 15.0. The van der Waals surface area contributed by atoms with Gasteiger partial charge in [0.25, 0.3) is 5.69 Å². The van der Waals surface area contributed by atoms with Crippen LogP contribution in [0.4, 0.5) is 18.9 Å². The molecule has 10 nitrogen and oxygen atoms in total. The number of hydrogen-bond donors (Lipinski definition) is 3. The Morgan fingerprint density at radius 3 is 2.22 bits per heavy atom. The van der Waals surface area contributed by atoms with Gasteiger partial charge in [-0.25, -0.2) is 13.2 Å². The highest BCUT2D eigenvalue weighted by Gasteiger charge is 2.38. The summed E-state index contributed by atoms with van der Waals surface area (Å²) in [6.07, 6.45) is -5.08. The van der Waals surface area contributed by atoms with Crippen LogP contribution < -0.4 is 5.73 Å². The van der Waals surface area contributed by atoms with Gasteiger partial charge < -0.3 is 15.9 Å². The van der Waals surface area contributed by atoms with Gasteiger partial charge >= 0.3 is 12.1 Å². The summed E-state index contributed by atoms with van der Waals surface area (Å²) in [7, 11) is -4.12. The van der Waals surface area contributed by atoms with Gasteiger partial charge in [-0.05, 0) is 12.1 Å². The maximum atomic E-state index is 12.4. The fourth-order valence-corrected chi connectivity index (χ4v) is 3.35. The number of nitrogens with zero attached hydrogens (tertiary/aromatic N) is 2. The van der Waals surface area contributed by atoms with Crippen LogP contribution in [-0.4, -0.2) is 66.2 Å². The third-order valence-electron chi connectivity index (χ3n) is 2.71. The van der Waals surface area contributed by atoms with E-state index >= 15 is 0 Å². The van der Waals surface area contributed by atoms with Crippen LogP contribution in [0.25, 0.3) is 0 Å². The number of nitro benzene ring substituents is 1. The molecule has 0 aliphatic rings. The smallest absolute Gasteiger partial charge is 0.475 e. The Bertz CT molecular complexity index is 768. The summed E-state index contributed by atoms with van der Waals surface area (Å²) in [5, 5.41) is 27.0. The number of carboxylic acids is 1. The van der Waals surface area contributed by atoms with Crippen molar-refractivity contribution in [3.8, 4) is 0 Å². The number of rotatable bonds is 7. The van der Waals surface area contributed by atoms with Crippen LogP contribution in [0.15, 0.2) is 23.1 Å². The number of nitrogens with two attached hydrogens (primary N) is 1. The molecule has 4 N–H and O–H groups in total. The fraction of sp³-hybridized carbons (Fsp3) is 0.417. The molecule has 0 atom stereocenters. The van der Waals surface area contributed by atoms with Crippen LogP contribution in [0.5, 0.6) is 0 Å². The molecule has 1 aromatic rings. The van der Waals surface area contributed by atoms with E-state index in [9.17, 15) is 31.7 Å². The first-order valence-corrected chi connectivity index (χ1v) is 8.66. The molecule has 0 radical (unpaired) electrons. The second kappa shape index (κ2) is 10.4. The number of benzene rings is 1. The monoisotopic (exact) mass is 437 g/mol. The van der Waals surface area contributed by atoms with Crippen molar-refractivity contribution in [2.24, 2.45) is 5.73 Å². The summed E-state index contributed by atoms with van der Waals surface area (Å²) in [5.74, 6) is -2.76. The van der Waals surface area contributed by atoms with Gasteiger partial charge in [-0.2, -0.15) is 17.5 Å². The van der Waals surface area contributed by atoms with Gasteiger partial charge in [-0.3, -0.25) is 10.1 Å². The van der Waals surface area contributed by atoms with Gasteiger partial charge in [0.2, 0.25) is 10.0 Å². The minimum absolute atomic E-state index is 0.0284. The van der Waals surface area contributed by atoms with Gasteiger partial charge in [0, 0.05) is 30.7 Å². The highest BCUT2D eigenvalue weighted by atomic mass is 35.5. The normalized spacial score (nSPS) is 11.7. The predicted octanol–water partition coefficient (Wildman–Crippen LogP) is 0.823. The molecular formula is C12H15ClF3N3O7S. The van der Waals surface area contributed by atoms with Crippen molar-refractivity contribution < 1.29 is 41.5 Å². The molecule has 0 saturated heterocycles. The molecule has 0 aliphatic carbocycles. The maximum Gasteiger partial charge on any atom is 0.490 e. The summed E-state index contributed by atoms with van der Waals surface area (Å²) < 4.78 is 57.3. The van der Waals surface area contributed by atoms with Gasteiger partial charge in [0.1, 0.15) is 0 Å². The van der Waals surface area contributed by atoms with Crippen LogP contribution in [-0.2, 0) is 14.8 Å². The van der Waals surface area contributed by atoms with Crippen LogP contribution in [0.1, 0.15) is 0 Å². The Morgan fingerprint density at radius 2 is 1.85 bits per heavy atom. The average Bonchev–Trinajstić information content (AvgIpc) is 2.53. The first-order valence-electron chi connectivity index (χ1n) is 6.84. The first kappa shape index (κ1) is 25.0. The van der Waals surface area contributed by atoms with E-state index in [0.29, 0.717) is 0 Å². The number of carboxylic acid groups (broad SMARTS) is 1. The Balaban J connectivity index is 0.000000821. The molecule has 0 heterocycles. The van der Waals surface area contributed by atoms with E-state index in [-0.39, 0.29) is 24.7 Å². The van der Waals surface area contributed by atoms with Crippen molar-refractivity contribution >= 4 is 33.3 Å². The SMILES string of the molecule is NCCN(CCO)S(=O)(=O)c1ccc(Cl)cc1[N+](=O)[O-].O=C(O)C(F)(F)F. The lowest BCUT2D eigenvalue weighted by molar-refractivity contribution is -0.387. The second-order valence-corrected chi connectivity index (χ2v) is 6.93. The minimum Gasteiger partial charge on any atom is -0.475 e. The molecular weight excluding hydrogens is 423 g/mol. The number of aliphatic carboxylic acids is 1. The third kappa shape index (κ3) is 7.64. The molecule has 0 saturated carbocycles. The predicted molar refractivity (Wildman–Crippen MR) is 86.7 cm³/mol. The number of alkyl halides is 3. The average molecular weight is 438 g/mol. The molecule has 15 heteroatoms. The van der Waals surface area contributed by atoms with Crippen molar-refractivity contribution in [3.05, 3.63) is 33.3 Å². The third-order valence-corrected chi connectivity index (χ3v) is 4.89. The van der Waals surface area contributed by atoms with E-state index in [4.69, 9.17) is 32.3 Å². The number of carbonyl (C=O) groups is 1. The van der Waals surface area contributed by atoms with Crippen LogP contribution in [0.2, 0.25) is 5.02 Å². The van der Waals surface area contributed by atoms with Gasteiger partial charge in [-0.15, -0.1) is 0 Å². The van der Waals surface area contributed by atoms with Gasteiger partial charge in [-0.1, -0.05) is 11.6 Å². The molecule has 0 spiro atoms. The van der Waals surface area contributed by atoms with Crippen LogP contribution in [0.3, 0.4) is 0 Å². The summed E-state index contributed by atoms with van der Waals surface area (Å²) in [5.41, 5.74) is 4.70. The quantitative estimate of drug-likeness (QED) is 0.416. The van der Waals surface area contributed by atoms with E-state index in [1.165, 1.54) is 6.07 Å². The second-order valence-electron chi connectivity index (χ2n) is 4.59. The van der Waals surface area contributed by atoms with E-state index in [0.717, 1.165) is 16.4 Å². The Labute approximate surface area is 156 Å². The molecule has 0 aromatic heterocycles. The Hall–Kier alpha value is -2.00. The molecule has 0 aliphatic heterocycles. The number of nitro groups is 1. The first-order chi connectivity index (χ1) is 12.3. The molecule has 1 rings (SSSR count). The van der Waals surface area contributed by atoms with Gasteiger partial charge in [0.15, 0.2) is 4.90 Å². The lowest BCUT2D eigenvalue weighted by atomic mass is 10.3. The molecule has 1 aromatic carbocycles. The molecule has 0 fully saturated rings. The summed E-state index contributed by atoms with van der Waals surface area (Å²) >= 11 is 5.64. The Kier molecular flexibility index (Phi) is 9.60. The number of aliphatic hydroxyl groups excluding tert-OH is 1. The van der Waals surface area contributed by atoms with Crippen molar-refractivity contribution in [1.82, 2.24) is 4.31 Å². The molecule has 27 heavy (non-hydrogen) atoms. The number of aliphatic hydroxyl groups is 1. The van der Waals surface area contributed by atoms with Crippen LogP contribution >= 0.6 is 11.6 Å². The highest BCUT2D eigenvalue weighted by molar-refractivity contribution is 7.89. The van der Waals surface area contributed by atoms with Crippen molar-refractivity contribution in [3.63, 3.8) is 0 Å². The van der Waals surface area contributed by atoms with Gasteiger partial charge in [0.05, 0.1) is 11.5 Å². The topological polar surface area (TPSA) is 164 Å². The van der Waals surface area contributed by atoms with E-state index in [1.54, 1.807) is 0 Å². The number of sulfonamides is 1. The maximum absolute atomic E-state index is 12.4. The van der Waals surface area contributed by atoms with Crippen molar-refractivity contribution in [2.75, 3.05) is 26.2 Å². The molecule has 0 bridgehead atoms. The standard InChI is InChI=1S/C10H14ClN3O5S.C2HF3O2/c11-8-1-2-10(9(7-8)14(16)17)20(18,19)13(4-3-12)5-6-15;3-2(4,5)1(6)7/h1-2,7,15H,3-6,12H2;(H,6,7). The van der Waals surface area contributed by atoms with Crippen LogP contribution in [0, 0.1) is 10.1 Å².